The number of Topliss-reactive ketones (excluding diaryl/α,β-unsaturated/α-hetero) is 1. The predicted molar refractivity (Wildman–Crippen MR) is 115 cm³/mol. The van der Waals surface area contributed by atoms with Crippen molar-refractivity contribution >= 4 is 11.5 Å². The van der Waals surface area contributed by atoms with Gasteiger partial charge in [0.15, 0.2) is 11.5 Å². The van der Waals surface area contributed by atoms with Crippen LogP contribution in [-0.4, -0.2) is 27.2 Å². The summed E-state index contributed by atoms with van der Waals surface area (Å²) in [5.74, 6) is -1.27. The van der Waals surface area contributed by atoms with E-state index in [2.05, 4.69) is 11.9 Å². The number of rotatable bonds is 5. The summed E-state index contributed by atoms with van der Waals surface area (Å²) >= 11 is 0. The quantitative estimate of drug-likeness (QED) is 0.695. The first-order valence-corrected chi connectivity index (χ1v) is 10.0. The third kappa shape index (κ3) is 5.16. The SMILES string of the molecule is C=C(NCc1ccc(F)cc1C)c1cn2c(c(O)c1=O)C(=O)C(C)CC2.CCCO. The van der Waals surface area contributed by atoms with Crippen molar-refractivity contribution in [2.75, 3.05) is 6.61 Å². The highest BCUT2D eigenvalue weighted by Gasteiger charge is 2.29. The van der Waals surface area contributed by atoms with Gasteiger partial charge in [0.2, 0.25) is 5.43 Å². The molecule has 1 aliphatic rings. The lowest BCUT2D eigenvalue weighted by Gasteiger charge is -2.24. The van der Waals surface area contributed by atoms with Crippen LogP contribution in [0.25, 0.3) is 5.70 Å². The first kappa shape index (κ1) is 23.3. The fourth-order valence-corrected chi connectivity index (χ4v) is 3.15. The minimum atomic E-state index is -0.618. The van der Waals surface area contributed by atoms with Crippen LogP contribution in [0, 0.1) is 18.7 Å². The Hall–Kier alpha value is -2.93. The van der Waals surface area contributed by atoms with Gasteiger partial charge in [-0.3, -0.25) is 9.59 Å². The second-order valence-corrected chi connectivity index (χ2v) is 7.44. The lowest BCUT2D eigenvalue weighted by atomic mass is 9.94. The number of carbonyl (C=O) groups excluding carboxylic acids is 1. The number of nitrogens with zero attached hydrogens (tertiary/aromatic N) is 1. The molecule has 162 valence electrons. The Morgan fingerprint density at radius 3 is 2.63 bits per heavy atom. The molecule has 3 N–H and O–H groups in total. The van der Waals surface area contributed by atoms with Gasteiger partial charge in [0.25, 0.3) is 0 Å². The van der Waals surface area contributed by atoms with Crippen LogP contribution in [-0.2, 0) is 13.1 Å². The highest BCUT2D eigenvalue weighted by molar-refractivity contribution is 5.99. The van der Waals surface area contributed by atoms with Gasteiger partial charge in [-0.15, -0.1) is 0 Å². The van der Waals surface area contributed by atoms with E-state index in [-0.39, 0.29) is 28.8 Å². The Morgan fingerprint density at radius 2 is 2.03 bits per heavy atom. The molecule has 0 saturated carbocycles. The number of aromatic hydroxyl groups is 1. The third-order valence-electron chi connectivity index (χ3n) is 5.09. The fraction of sp³-hybridized carbons (Fsp3) is 0.391. The molecule has 0 spiro atoms. The number of halogens is 1. The molecular weight excluding hydrogens is 387 g/mol. The van der Waals surface area contributed by atoms with Gasteiger partial charge in [0.05, 0.1) is 5.56 Å². The predicted octanol–water partition coefficient (Wildman–Crippen LogP) is 3.37. The van der Waals surface area contributed by atoms with E-state index in [0.717, 1.165) is 17.5 Å². The summed E-state index contributed by atoms with van der Waals surface area (Å²) in [4.78, 5) is 24.7. The largest absolute Gasteiger partial charge is 0.503 e. The molecule has 1 unspecified atom stereocenters. The van der Waals surface area contributed by atoms with Gasteiger partial charge < -0.3 is 20.1 Å². The van der Waals surface area contributed by atoms with Crippen LogP contribution in [0.3, 0.4) is 0 Å². The number of nitrogens with one attached hydrogen (secondary N) is 1. The number of ketones is 1. The van der Waals surface area contributed by atoms with Crippen molar-refractivity contribution in [3.05, 3.63) is 69.4 Å². The summed E-state index contributed by atoms with van der Waals surface area (Å²) in [6, 6.07) is 4.48. The van der Waals surface area contributed by atoms with E-state index in [9.17, 15) is 19.1 Å². The number of aryl methyl sites for hydroxylation is 2. The van der Waals surface area contributed by atoms with Crippen molar-refractivity contribution in [1.82, 2.24) is 9.88 Å². The van der Waals surface area contributed by atoms with Crippen LogP contribution >= 0.6 is 0 Å². The summed E-state index contributed by atoms with van der Waals surface area (Å²) in [5, 5.41) is 21.2. The molecule has 0 bridgehead atoms. The van der Waals surface area contributed by atoms with Gasteiger partial charge >= 0.3 is 0 Å². The fourth-order valence-electron chi connectivity index (χ4n) is 3.15. The molecule has 0 saturated heterocycles. The zero-order valence-electron chi connectivity index (χ0n) is 17.7. The van der Waals surface area contributed by atoms with Crippen molar-refractivity contribution in [2.24, 2.45) is 5.92 Å². The molecule has 7 heteroatoms. The van der Waals surface area contributed by atoms with Crippen molar-refractivity contribution in [1.29, 1.82) is 0 Å². The van der Waals surface area contributed by atoms with Crippen LogP contribution in [0.5, 0.6) is 5.75 Å². The molecule has 1 atom stereocenters. The molecule has 2 heterocycles. The molecular formula is C23H29FN2O4. The average Bonchev–Trinajstić information content (AvgIpc) is 2.72. The lowest BCUT2D eigenvalue weighted by molar-refractivity contribution is 0.0885. The second kappa shape index (κ2) is 10.2. The first-order valence-electron chi connectivity index (χ1n) is 10.0. The maximum atomic E-state index is 13.2. The highest BCUT2D eigenvalue weighted by atomic mass is 19.1. The maximum absolute atomic E-state index is 13.2. The van der Waals surface area contributed by atoms with Crippen LogP contribution in [0.1, 0.15) is 53.9 Å². The molecule has 2 aromatic rings. The summed E-state index contributed by atoms with van der Waals surface area (Å²) in [6.07, 6.45) is 3.09. The van der Waals surface area contributed by atoms with E-state index in [4.69, 9.17) is 5.11 Å². The normalized spacial score (nSPS) is 15.1. The zero-order valence-corrected chi connectivity index (χ0v) is 17.7. The number of fused-ring (bicyclic) bond motifs is 1. The second-order valence-electron chi connectivity index (χ2n) is 7.44. The number of pyridine rings is 1. The van der Waals surface area contributed by atoms with Crippen molar-refractivity contribution in [3.8, 4) is 5.75 Å². The molecule has 0 amide bonds. The monoisotopic (exact) mass is 416 g/mol. The molecule has 3 rings (SSSR count). The van der Waals surface area contributed by atoms with Gasteiger partial charge in [0, 0.05) is 37.5 Å². The van der Waals surface area contributed by atoms with E-state index < -0.39 is 11.2 Å². The number of hydrogen-bond acceptors (Lipinski definition) is 5. The molecule has 0 aliphatic carbocycles. The minimum Gasteiger partial charge on any atom is -0.503 e. The number of carbonyl (C=O) groups is 1. The van der Waals surface area contributed by atoms with Crippen LogP contribution in [0.15, 0.2) is 35.8 Å². The number of aliphatic hydroxyl groups is 1. The van der Waals surface area contributed by atoms with Gasteiger partial charge in [-0.2, -0.15) is 0 Å². The van der Waals surface area contributed by atoms with Gasteiger partial charge in [-0.05, 0) is 43.0 Å². The standard InChI is InChI=1S/C20H21FN2O3.C3H8O/c1-11-6-7-23-10-16(19(25)20(26)17(23)18(11)24)13(3)22-9-14-4-5-15(21)8-12(14)2;1-2-3-4/h4-5,8,10-11,22,26H,3,6-7,9H2,1-2H3;4H,2-3H2,1H3. The molecule has 6 nitrogen and oxygen atoms in total. The van der Waals surface area contributed by atoms with E-state index in [1.54, 1.807) is 30.7 Å². The van der Waals surface area contributed by atoms with Gasteiger partial charge in [0.1, 0.15) is 11.5 Å². The Kier molecular flexibility index (Phi) is 7.94. The van der Waals surface area contributed by atoms with Crippen molar-refractivity contribution in [2.45, 2.75) is 46.7 Å². The zero-order chi connectivity index (χ0) is 22.4. The molecule has 1 aromatic carbocycles. The molecule has 0 fully saturated rings. The number of aromatic nitrogens is 1. The molecule has 1 aromatic heterocycles. The van der Waals surface area contributed by atoms with E-state index in [0.29, 0.717) is 31.8 Å². The number of aliphatic hydroxyl groups excluding tert-OH is 1. The summed E-state index contributed by atoms with van der Waals surface area (Å²) in [5.41, 5.74) is 1.67. The van der Waals surface area contributed by atoms with Crippen molar-refractivity contribution in [3.63, 3.8) is 0 Å². The Balaban J connectivity index is 0.000000735. The Morgan fingerprint density at radius 1 is 1.37 bits per heavy atom. The summed E-state index contributed by atoms with van der Waals surface area (Å²) in [7, 11) is 0. The first-order chi connectivity index (χ1) is 14.2. The summed E-state index contributed by atoms with van der Waals surface area (Å²) in [6.45, 7) is 10.6. The lowest BCUT2D eigenvalue weighted by Crippen LogP contribution is -2.30. The number of hydrogen-bond donors (Lipinski definition) is 3. The third-order valence-corrected chi connectivity index (χ3v) is 5.09. The van der Waals surface area contributed by atoms with Gasteiger partial charge in [-0.25, -0.2) is 4.39 Å². The van der Waals surface area contributed by atoms with Crippen molar-refractivity contribution < 1.29 is 19.4 Å². The van der Waals surface area contributed by atoms with Crippen LogP contribution < -0.4 is 10.7 Å². The van der Waals surface area contributed by atoms with E-state index in [1.165, 1.54) is 12.1 Å². The summed E-state index contributed by atoms with van der Waals surface area (Å²) < 4.78 is 14.8. The van der Waals surface area contributed by atoms with E-state index in [1.807, 2.05) is 6.92 Å². The molecule has 0 radical (unpaired) electrons. The smallest absolute Gasteiger partial charge is 0.233 e. The number of benzene rings is 1. The Bertz CT molecular complexity index is 995. The minimum absolute atomic E-state index is 0.0691. The average molecular weight is 416 g/mol. The molecule has 1 aliphatic heterocycles. The van der Waals surface area contributed by atoms with Gasteiger partial charge in [-0.1, -0.05) is 26.5 Å². The maximum Gasteiger partial charge on any atom is 0.233 e. The van der Waals surface area contributed by atoms with E-state index >= 15 is 0 Å². The van der Waals surface area contributed by atoms with Crippen LogP contribution in [0.2, 0.25) is 0 Å². The topological polar surface area (TPSA) is 91.6 Å². The van der Waals surface area contributed by atoms with Crippen LogP contribution in [0.4, 0.5) is 4.39 Å². The highest BCUT2D eigenvalue weighted by Crippen LogP contribution is 2.26. The molecule has 30 heavy (non-hydrogen) atoms. The Labute approximate surface area is 175 Å².